The number of aromatic nitrogens is 2. The van der Waals surface area contributed by atoms with Gasteiger partial charge < -0.3 is 10.4 Å². The number of benzene rings is 1. The lowest BCUT2D eigenvalue weighted by Crippen LogP contribution is -2.49. The third-order valence-corrected chi connectivity index (χ3v) is 4.35. The summed E-state index contributed by atoms with van der Waals surface area (Å²) in [4.78, 5) is 19.6. The zero-order valence-corrected chi connectivity index (χ0v) is 11.6. The van der Waals surface area contributed by atoms with Crippen LogP contribution in [0.1, 0.15) is 6.92 Å². The summed E-state index contributed by atoms with van der Waals surface area (Å²) in [5, 5.41) is 13.8. The Bertz CT molecular complexity index is 600. The molecule has 0 radical (unpaired) electrons. The highest BCUT2D eigenvalue weighted by molar-refractivity contribution is 7.99. The van der Waals surface area contributed by atoms with E-state index in [9.17, 15) is 9.90 Å². The second kappa shape index (κ2) is 5.54. The first-order valence-electron chi connectivity index (χ1n) is 5.82. The summed E-state index contributed by atoms with van der Waals surface area (Å²) in [7, 11) is 1.65. The van der Waals surface area contributed by atoms with E-state index >= 15 is 0 Å². The van der Waals surface area contributed by atoms with Crippen molar-refractivity contribution in [1.29, 1.82) is 0 Å². The van der Waals surface area contributed by atoms with Gasteiger partial charge in [-0.15, -0.1) is 11.8 Å². The van der Waals surface area contributed by atoms with Crippen molar-refractivity contribution in [2.75, 3.05) is 12.8 Å². The lowest BCUT2D eigenvalue weighted by molar-refractivity contribution is -0.142. The summed E-state index contributed by atoms with van der Waals surface area (Å²) in [5.41, 5.74) is -0.113. The van der Waals surface area contributed by atoms with Crippen molar-refractivity contribution in [3.05, 3.63) is 30.6 Å². The van der Waals surface area contributed by atoms with Crippen LogP contribution in [0.4, 0.5) is 0 Å². The molecule has 0 spiro atoms. The molecule has 19 heavy (non-hydrogen) atoms. The SMILES string of the molecule is CNC(C)(CSc1ncnc2ccccc12)C(=O)O. The predicted molar refractivity (Wildman–Crippen MR) is 75.4 cm³/mol. The fraction of sp³-hybridized carbons (Fsp3) is 0.308. The predicted octanol–water partition coefficient (Wildman–Crippen LogP) is 1.78. The van der Waals surface area contributed by atoms with Crippen molar-refractivity contribution in [3.8, 4) is 0 Å². The largest absolute Gasteiger partial charge is 0.480 e. The molecule has 1 heterocycles. The van der Waals surface area contributed by atoms with Crippen molar-refractivity contribution in [2.24, 2.45) is 0 Å². The topological polar surface area (TPSA) is 75.1 Å². The molecule has 1 aromatic heterocycles. The van der Waals surface area contributed by atoms with E-state index in [1.54, 1.807) is 14.0 Å². The Morgan fingerprint density at radius 2 is 2.16 bits per heavy atom. The minimum absolute atomic E-state index is 0.389. The summed E-state index contributed by atoms with van der Waals surface area (Å²) >= 11 is 1.42. The van der Waals surface area contributed by atoms with Crippen LogP contribution < -0.4 is 5.32 Å². The number of rotatable bonds is 5. The molecule has 0 amide bonds. The van der Waals surface area contributed by atoms with E-state index < -0.39 is 11.5 Å². The van der Waals surface area contributed by atoms with Gasteiger partial charge in [0.2, 0.25) is 0 Å². The van der Waals surface area contributed by atoms with Crippen molar-refractivity contribution in [1.82, 2.24) is 15.3 Å². The first kappa shape index (κ1) is 13.8. The molecule has 0 bridgehead atoms. The molecule has 0 aliphatic heterocycles. The molecule has 2 rings (SSSR count). The minimum atomic E-state index is -0.975. The van der Waals surface area contributed by atoms with Gasteiger partial charge in [0, 0.05) is 11.1 Å². The second-order valence-electron chi connectivity index (χ2n) is 4.37. The first-order valence-corrected chi connectivity index (χ1v) is 6.80. The van der Waals surface area contributed by atoms with Crippen LogP contribution in [0, 0.1) is 0 Å². The Morgan fingerprint density at radius 1 is 1.42 bits per heavy atom. The van der Waals surface area contributed by atoms with Gasteiger partial charge in [-0.1, -0.05) is 18.2 Å². The standard InChI is InChI=1S/C13H15N3O2S/c1-13(14-2,12(17)18)7-19-11-9-5-3-4-6-10(9)15-8-16-11/h3-6,8,14H,7H2,1-2H3,(H,17,18). The summed E-state index contributed by atoms with van der Waals surface area (Å²) < 4.78 is 0. The van der Waals surface area contributed by atoms with Crippen LogP contribution in [0.25, 0.3) is 10.9 Å². The van der Waals surface area contributed by atoms with Crippen molar-refractivity contribution in [3.63, 3.8) is 0 Å². The number of hydrogen-bond acceptors (Lipinski definition) is 5. The van der Waals surface area contributed by atoms with Gasteiger partial charge in [0.15, 0.2) is 0 Å². The van der Waals surface area contributed by atoms with E-state index in [2.05, 4.69) is 15.3 Å². The number of nitrogens with zero attached hydrogens (tertiary/aromatic N) is 2. The average molecular weight is 277 g/mol. The van der Waals surface area contributed by atoms with E-state index in [0.29, 0.717) is 5.75 Å². The van der Waals surface area contributed by atoms with Crippen LogP contribution in [-0.4, -0.2) is 39.4 Å². The summed E-state index contributed by atoms with van der Waals surface area (Å²) in [5.74, 6) is -0.485. The minimum Gasteiger partial charge on any atom is -0.480 e. The summed E-state index contributed by atoms with van der Waals surface area (Å²) in [6, 6.07) is 7.69. The lowest BCUT2D eigenvalue weighted by atomic mass is 10.1. The van der Waals surface area contributed by atoms with E-state index in [1.807, 2.05) is 24.3 Å². The number of carboxylic acid groups (broad SMARTS) is 1. The Hall–Kier alpha value is -1.66. The maximum absolute atomic E-state index is 11.2. The Balaban J connectivity index is 2.25. The number of carbonyl (C=O) groups is 1. The Morgan fingerprint density at radius 3 is 2.84 bits per heavy atom. The maximum atomic E-state index is 11.2. The van der Waals surface area contributed by atoms with Crippen molar-refractivity contribution < 1.29 is 9.90 Å². The summed E-state index contributed by atoms with van der Waals surface area (Å²) in [6.07, 6.45) is 1.50. The zero-order chi connectivity index (χ0) is 13.9. The van der Waals surface area contributed by atoms with E-state index in [4.69, 9.17) is 0 Å². The zero-order valence-electron chi connectivity index (χ0n) is 10.8. The number of para-hydroxylation sites is 1. The molecule has 0 aliphatic rings. The number of fused-ring (bicyclic) bond motifs is 1. The molecule has 0 saturated carbocycles. The molecular formula is C13H15N3O2S. The van der Waals surface area contributed by atoms with E-state index in [1.165, 1.54) is 18.1 Å². The van der Waals surface area contributed by atoms with Gasteiger partial charge in [0.05, 0.1) is 5.52 Å². The second-order valence-corrected chi connectivity index (χ2v) is 5.34. The maximum Gasteiger partial charge on any atom is 0.324 e. The number of nitrogens with one attached hydrogen (secondary N) is 1. The lowest BCUT2D eigenvalue weighted by Gasteiger charge is -2.23. The van der Waals surface area contributed by atoms with Gasteiger partial charge in [-0.3, -0.25) is 4.79 Å². The Kier molecular flexibility index (Phi) is 4.01. The van der Waals surface area contributed by atoms with Gasteiger partial charge in [0.25, 0.3) is 0 Å². The highest BCUT2D eigenvalue weighted by Gasteiger charge is 2.31. The molecule has 100 valence electrons. The number of aliphatic carboxylic acids is 1. The molecule has 0 fully saturated rings. The highest BCUT2D eigenvalue weighted by Crippen LogP contribution is 2.26. The van der Waals surface area contributed by atoms with E-state index in [-0.39, 0.29) is 0 Å². The highest BCUT2D eigenvalue weighted by atomic mass is 32.2. The molecule has 1 aromatic carbocycles. The van der Waals surface area contributed by atoms with Crippen LogP contribution in [0.2, 0.25) is 0 Å². The monoisotopic (exact) mass is 277 g/mol. The molecule has 1 atom stereocenters. The summed E-state index contributed by atoms with van der Waals surface area (Å²) in [6.45, 7) is 1.66. The van der Waals surface area contributed by atoms with Crippen molar-refractivity contribution >= 4 is 28.6 Å². The van der Waals surface area contributed by atoms with Crippen LogP contribution in [0.3, 0.4) is 0 Å². The smallest absolute Gasteiger partial charge is 0.324 e. The van der Waals surface area contributed by atoms with Gasteiger partial charge in [-0.2, -0.15) is 0 Å². The van der Waals surface area contributed by atoms with Gasteiger partial charge in [-0.05, 0) is 20.0 Å². The molecule has 0 aliphatic carbocycles. The number of likely N-dealkylation sites (N-methyl/N-ethyl adjacent to an activating group) is 1. The van der Waals surface area contributed by atoms with Gasteiger partial charge in [-0.25, -0.2) is 9.97 Å². The fourth-order valence-electron chi connectivity index (χ4n) is 1.55. The molecule has 5 nitrogen and oxygen atoms in total. The van der Waals surface area contributed by atoms with Crippen LogP contribution >= 0.6 is 11.8 Å². The quantitative estimate of drug-likeness (QED) is 0.641. The van der Waals surface area contributed by atoms with Crippen LogP contribution in [-0.2, 0) is 4.79 Å². The third-order valence-electron chi connectivity index (χ3n) is 3.03. The molecule has 0 saturated heterocycles. The first-order chi connectivity index (χ1) is 9.07. The molecule has 2 aromatic rings. The normalized spacial score (nSPS) is 14.2. The Labute approximate surface area is 115 Å². The van der Waals surface area contributed by atoms with E-state index in [0.717, 1.165) is 15.9 Å². The molecule has 6 heteroatoms. The number of thioether (sulfide) groups is 1. The van der Waals surface area contributed by atoms with Gasteiger partial charge in [0.1, 0.15) is 16.9 Å². The van der Waals surface area contributed by atoms with Crippen LogP contribution in [0.15, 0.2) is 35.6 Å². The number of hydrogen-bond donors (Lipinski definition) is 2. The third kappa shape index (κ3) is 2.85. The molecule has 2 N–H and O–H groups in total. The number of carboxylic acids is 1. The average Bonchev–Trinajstić information content (AvgIpc) is 2.44. The molecular weight excluding hydrogens is 262 g/mol. The van der Waals surface area contributed by atoms with Crippen LogP contribution in [0.5, 0.6) is 0 Å². The van der Waals surface area contributed by atoms with Gasteiger partial charge >= 0.3 is 5.97 Å². The van der Waals surface area contributed by atoms with Crippen molar-refractivity contribution in [2.45, 2.75) is 17.5 Å². The fourth-order valence-corrected chi connectivity index (χ4v) is 2.69. The molecule has 1 unspecified atom stereocenters.